The Labute approximate surface area is 181 Å². The van der Waals surface area contributed by atoms with E-state index in [4.69, 9.17) is 0 Å². The number of benzene rings is 2. The summed E-state index contributed by atoms with van der Waals surface area (Å²) in [6, 6.07) is 11.3. The van der Waals surface area contributed by atoms with E-state index in [1.807, 2.05) is 0 Å². The van der Waals surface area contributed by atoms with Gasteiger partial charge in [0.15, 0.2) is 9.84 Å². The Hall–Kier alpha value is -1.88. The van der Waals surface area contributed by atoms with E-state index in [1.54, 1.807) is 38.1 Å². The van der Waals surface area contributed by atoms with E-state index in [9.17, 15) is 26.7 Å². The second-order valence-corrected chi connectivity index (χ2v) is 13.3. The van der Waals surface area contributed by atoms with Gasteiger partial charge < -0.3 is 5.11 Å². The second-order valence-electron chi connectivity index (χ2n) is 7.63. The Morgan fingerprint density at radius 1 is 0.967 bits per heavy atom. The van der Waals surface area contributed by atoms with Crippen LogP contribution in [-0.2, 0) is 24.7 Å². The predicted molar refractivity (Wildman–Crippen MR) is 117 cm³/mol. The van der Waals surface area contributed by atoms with Crippen LogP contribution in [0.2, 0.25) is 0 Å². The lowest BCUT2D eigenvalue weighted by molar-refractivity contribution is -0.142. The van der Waals surface area contributed by atoms with Crippen LogP contribution in [0.25, 0.3) is 11.1 Å². The van der Waals surface area contributed by atoms with Gasteiger partial charge in [0.2, 0.25) is 10.0 Å². The number of aliphatic carboxylic acids is 1. The molecule has 10 heteroatoms. The molecule has 2 aromatic rings. The summed E-state index contributed by atoms with van der Waals surface area (Å²) in [7, 11) is -7.29. The highest BCUT2D eigenvalue weighted by Gasteiger charge is 2.48. The van der Waals surface area contributed by atoms with Crippen LogP contribution in [0.3, 0.4) is 0 Å². The quantitative estimate of drug-likeness (QED) is 0.717. The molecule has 1 unspecified atom stereocenters. The Bertz CT molecular complexity index is 1150. The van der Waals surface area contributed by atoms with Crippen LogP contribution < -0.4 is 0 Å². The number of sulfonamides is 1. The molecule has 7 nitrogen and oxygen atoms in total. The first-order chi connectivity index (χ1) is 13.8. The van der Waals surface area contributed by atoms with Crippen molar-refractivity contribution in [3.63, 3.8) is 0 Å². The fourth-order valence-corrected chi connectivity index (χ4v) is 7.21. The molecular formula is C20H23NO6S3. The summed E-state index contributed by atoms with van der Waals surface area (Å²) in [4.78, 5) is 12.1. The molecule has 2 aromatic carbocycles. The number of carbonyl (C=O) groups is 1. The largest absolute Gasteiger partial charge is 0.480 e. The molecular weight excluding hydrogens is 446 g/mol. The van der Waals surface area contributed by atoms with Gasteiger partial charge in [-0.2, -0.15) is 16.1 Å². The maximum absolute atomic E-state index is 13.2. The molecule has 0 bridgehead atoms. The van der Waals surface area contributed by atoms with Crippen molar-refractivity contribution in [3.05, 3.63) is 48.5 Å². The average molecular weight is 470 g/mol. The lowest BCUT2D eigenvalue weighted by atomic mass is 10.0. The van der Waals surface area contributed by atoms with Gasteiger partial charge in [-0.3, -0.25) is 4.79 Å². The number of hydrogen-bond donors (Lipinski definition) is 1. The molecule has 1 heterocycles. The molecule has 0 radical (unpaired) electrons. The number of sulfone groups is 1. The van der Waals surface area contributed by atoms with Crippen molar-refractivity contribution in [3.8, 4) is 11.1 Å². The molecule has 0 aromatic heterocycles. The van der Waals surface area contributed by atoms with E-state index in [2.05, 4.69) is 0 Å². The van der Waals surface area contributed by atoms with Crippen LogP contribution in [0.15, 0.2) is 58.3 Å². The van der Waals surface area contributed by atoms with Gasteiger partial charge in [0.05, 0.1) is 9.79 Å². The molecule has 1 fully saturated rings. The minimum absolute atomic E-state index is 0.0213. The Balaban J connectivity index is 1.92. The van der Waals surface area contributed by atoms with Crippen molar-refractivity contribution < 1.29 is 26.7 Å². The number of hydrogen-bond acceptors (Lipinski definition) is 6. The molecule has 0 aliphatic carbocycles. The van der Waals surface area contributed by atoms with Crippen LogP contribution >= 0.6 is 11.8 Å². The zero-order valence-corrected chi connectivity index (χ0v) is 19.2. The van der Waals surface area contributed by atoms with E-state index in [-0.39, 0.29) is 16.3 Å². The fourth-order valence-electron chi connectivity index (χ4n) is 3.48. The van der Waals surface area contributed by atoms with Crippen molar-refractivity contribution in [1.29, 1.82) is 0 Å². The molecule has 1 atom stereocenters. The molecule has 1 saturated heterocycles. The Morgan fingerprint density at radius 2 is 1.43 bits per heavy atom. The van der Waals surface area contributed by atoms with Gasteiger partial charge in [0.1, 0.15) is 6.04 Å². The van der Waals surface area contributed by atoms with Gasteiger partial charge in [-0.15, -0.1) is 0 Å². The molecule has 3 rings (SSSR count). The maximum Gasteiger partial charge on any atom is 0.323 e. The van der Waals surface area contributed by atoms with E-state index in [0.717, 1.165) is 21.7 Å². The van der Waals surface area contributed by atoms with Crippen LogP contribution in [-0.4, -0.2) is 61.6 Å². The first-order valence-corrected chi connectivity index (χ1v) is 13.4. The number of nitrogens with zero attached hydrogens (tertiary/aromatic N) is 1. The van der Waals surface area contributed by atoms with Crippen molar-refractivity contribution in [2.75, 3.05) is 18.6 Å². The normalized spacial score (nSPS) is 20.0. The number of carboxylic acid groups (broad SMARTS) is 1. The van der Waals surface area contributed by atoms with E-state index in [0.29, 0.717) is 5.75 Å². The molecule has 1 N–H and O–H groups in total. The van der Waals surface area contributed by atoms with E-state index in [1.165, 1.54) is 36.0 Å². The van der Waals surface area contributed by atoms with Gasteiger partial charge in [-0.1, -0.05) is 24.3 Å². The minimum atomic E-state index is -3.99. The summed E-state index contributed by atoms with van der Waals surface area (Å²) >= 11 is 1.44. The van der Waals surface area contributed by atoms with Crippen LogP contribution in [0.5, 0.6) is 0 Å². The maximum atomic E-state index is 13.2. The van der Waals surface area contributed by atoms with E-state index < -0.39 is 36.6 Å². The van der Waals surface area contributed by atoms with Gasteiger partial charge in [-0.25, -0.2) is 16.8 Å². The summed E-state index contributed by atoms with van der Waals surface area (Å²) in [6.07, 6.45) is 1.13. The molecule has 162 valence electrons. The number of rotatable bonds is 5. The first-order valence-electron chi connectivity index (χ1n) is 9.13. The summed E-state index contributed by atoms with van der Waals surface area (Å²) in [6.45, 7) is 3.60. The lowest BCUT2D eigenvalue weighted by Crippen LogP contribution is -2.58. The van der Waals surface area contributed by atoms with Crippen molar-refractivity contribution in [1.82, 2.24) is 4.31 Å². The van der Waals surface area contributed by atoms with Gasteiger partial charge in [0.25, 0.3) is 0 Å². The summed E-state index contributed by atoms with van der Waals surface area (Å²) in [5.41, 5.74) is 1.46. The van der Waals surface area contributed by atoms with Gasteiger partial charge in [0, 0.05) is 23.3 Å². The van der Waals surface area contributed by atoms with Crippen LogP contribution in [0.1, 0.15) is 13.8 Å². The third-order valence-electron chi connectivity index (χ3n) is 5.04. The second kappa shape index (κ2) is 7.99. The fraction of sp³-hybridized carbons (Fsp3) is 0.350. The van der Waals surface area contributed by atoms with Crippen molar-refractivity contribution >= 4 is 37.6 Å². The molecule has 1 aliphatic heterocycles. The lowest BCUT2D eigenvalue weighted by Gasteiger charge is -2.42. The summed E-state index contributed by atoms with van der Waals surface area (Å²) in [5.74, 6) is -0.654. The monoisotopic (exact) mass is 469 g/mol. The van der Waals surface area contributed by atoms with Crippen LogP contribution in [0.4, 0.5) is 0 Å². The SMILES string of the molecule is CC1(C)SCCN(S(=O)(=O)c2ccc(-c3ccc(S(C)(=O)=O)cc3)cc2)C1C(=O)O. The standard InChI is InChI=1S/C20H23NO6S3/c1-20(2)18(19(22)23)21(12-13-28-20)30(26,27)17-10-6-15(7-11-17)14-4-8-16(9-5-14)29(3,24)25/h4-11,18H,12-13H2,1-3H3,(H,22,23). The van der Waals surface area contributed by atoms with Gasteiger partial charge >= 0.3 is 5.97 Å². The molecule has 0 saturated carbocycles. The molecule has 0 spiro atoms. The topological polar surface area (TPSA) is 109 Å². The van der Waals surface area contributed by atoms with Crippen molar-refractivity contribution in [2.45, 2.75) is 34.4 Å². The highest BCUT2D eigenvalue weighted by Crippen LogP contribution is 2.38. The minimum Gasteiger partial charge on any atom is -0.480 e. The number of carboxylic acids is 1. The van der Waals surface area contributed by atoms with Crippen LogP contribution in [0, 0.1) is 0 Å². The third kappa shape index (κ3) is 4.41. The average Bonchev–Trinajstić information content (AvgIpc) is 2.66. The molecule has 1 aliphatic rings. The molecule has 0 amide bonds. The van der Waals surface area contributed by atoms with Crippen molar-refractivity contribution in [2.24, 2.45) is 0 Å². The predicted octanol–water partition coefficient (Wildman–Crippen LogP) is 2.73. The summed E-state index contributed by atoms with van der Waals surface area (Å²) in [5, 5.41) is 9.66. The zero-order chi connectivity index (χ0) is 22.3. The van der Waals surface area contributed by atoms with Gasteiger partial charge in [-0.05, 0) is 49.2 Å². The van der Waals surface area contributed by atoms with E-state index >= 15 is 0 Å². The Morgan fingerprint density at radius 3 is 1.87 bits per heavy atom. The smallest absolute Gasteiger partial charge is 0.323 e. The highest BCUT2D eigenvalue weighted by molar-refractivity contribution is 8.01. The third-order valence-corrected chi connectivity index (χ3v) is 9.40. The molecule has 30 heavy (non-hydrogen) atoms. The zero-order valence-electron chi connectivity index (χ0n) is 16.8. The first kappa shape index (κ1) is 22.8. The Kier molecular flexibility index (Phi) is 6.07. The number of thioether (sulfide) groups is 1. The summed E-state index contributed by atoms with van der Waals surface area (Å²) < 4.78 is 49.9. The highest BCUT2D eigenvalue weighted by atomic mass is 32.2.